The maximum absolute atomic E-state index is 13.1. The van der Waals surface area contributed by atoms with Gasteiger partial charge >= 0.3 is 6.18 Å². The standard InChI is InChI=1S/C31H26F3N3O2/c1-21-38-29(39-21)30(18-22-8-4-2-5-9-22,19-23-10-6-3-7-11-23)27-16-17-35-28-26(20-36-37(27)28)24-12-14-25(15-13-24)31(32,33)34/h2-17,20-21,29H,18-19H2,1H3. The SMILES string of the molecule is CC1OC(C(Cc2ccccc2)(Cc2ccccc2)c2ccnc3c(-c4ccc(C(F)(F)F)cc4)cnn23)O1. The summed E-state index contributed by atoms with van der Waals surface area (Å²) >= 11 is 0. The van der Waals surface area contributed by atoms with E-state index >= 15 is 0 Å². The molecule has 6 rings (SSSR count). The second-order valence-corrected chi connectivity index (χ2v) is 9.85. The lowest BCUT2D eigenvalue weighted by Crippen LogP contribution is -2.56. The number of rotatable bonds is 7. The van der Waals surface area contributed by atoms with Crippen molar-refractivity contribution in [3.8, 4) is 11.1 Å². The summed E-state index contributed by atoms with van der Waals surface area (Å²) in [4.78, 5) is 4.59. The molecule has 5 nitrogen and oxygen atoms in total. The summed E-state index contributed by atoms with van der Waals surface area (Å²) in [7, 11) is 0. The molecular weight excluding hydrogens is 503 g/mol. The van der Waals surface area contributed by atoms with Gasteiger partial charge in [-0.15, -0.1) is 0 Å². The van der Waals surface area contributed by atoms with E-state index in [1.54, 1.807) is 16.9 Å². The number of fused-ring (bicyclic) bond motifs is 1. The Labute approximate surface area is 223 Å². The van der Waals surface area contributed by atoms with E-state index in [-0.39, 0.29) is 6.29 Å². The fourth-order valence-electron chi connectivity index (χ4n) is 5.38. The first kappa shape index (κ1) is 25.3. The second kappa shape index (κ2) is 9.94. The molecule has 1 aliphatic rings. The molecule has 2 aromatic heterocycles. The molecule has 0 unspecified atom stereocenters. The predicted octanol–water partition coefficient (Wildman–Crippen LogP) is 6.86. The van der Waals surface area contributed by atoms with Crippen molar-refractivity contribution in [1.82, 2.24) is 14.6 Å². The van der Waals surface area contributed by atoms with E-state index < -0.39 is 23.4 Å². The molecule has 198 valence electrons. The van der Waals surface area contributed by atoms with Crippen molar-refractivity contribution in [1.29, 1.82) is 0 Å². The number of halogens is 3. The van der Waals surface area contributed by atoms with E-state index in [0.29, 0.717) is 29.6 Å². The zero-order valence-electron chi connectivity index (χ0n) is 21.2. The Kier molecular flexibility index (Phi) is 6.45. The van der Waals surface area contributed by atoms with Crippen LogP contribution < -0.4 is 0 Å². The molecule has 0 N–H and O–H groups in total. The molecule has 0 spiro atoms. The lowest BCUT2D eigenvalue weighted by molar-refractivity contribution is -0.398. The highest BCUT2D eigenvalue weighted by Crippen LogP contribution is 2.43. The van der Waals surface area contributed by atoms with Gasteiger partial charge in [0, 0.05) is 11.8 Å². The topological polar surface area (TPSA) is 48.7 Å². The monoisotopic (exact) mass is 529 g/mol. The summed E-state index contributed by atoms with van der Waals surface area (Å²) in [6.45, 7) is 1.87. The molecule has 0 amide bonds. The predicted molar refractivity (Wildman–Crippen MR) is 141 cm³/mol. The summed E-state index contributed by atoms with van der Waals surface area (Å²) < 4.78 is 53.6. The molecule has 0 aliphatic carbocycles. The van der Waals surface area contributed by atoms with E-state index in [2.05, 4.69) is 29.2 Å². The third kappa shape index (κ3) is 4.82. The quantitative estimate of drug-likeness (QED) is 0.231. The molecule has 1 fully saturated rings. The third-order valence-electron chi connectivity index (χ3n) is 7.24. The van der Waals surface area contributed by atoms with E-state index in [1.807, 2.05) is 49.4 Å². The maximum atomic E-state index is 13.1. The molecule has 0 radical (unpaired) electrons. The van der Waals surface area contributed by atoms with E-state index in [0.717, 1.165) is 29.0 Å². The average Bonchev–Trinajstić information content (AvgIpc) is 3.36. The Morgan fingerprint density at radius 2 is 1.38 bits per heavy atom. The van der Waals surface area contributed by atoms with E-state index in [4.69, 9.17) is 14.6 Å². The van der Waals surface area contributed by atoms with Crippen LogP contribution in [0.4, 0.5) is 13.2 Å². The van der Waals surface area contributed by atoms with Crippen LogP contribution in [-0.2, 0) is 33.9 Å². The van der Waals surface area contributed by atoms with Crippen molar-refractivity contribution in [2.75, 3.05) is 0 Å². The zero-order chi connectivity index (χ0) is 27.0. The minimum atomic E-state index is -4.40. The summed E-state index contributed by atoms with van der Waals surface area (Å²) in [6.07, 6.45) is -0.707. The second-order valence-electron chi connectivity index (χ2n) is 9.85. The Hall–Kier alpha value is -4.01. The van der Waals surface area contributed by atoms with Crippen molar-refractivity contribution >= 4 is 5.65 Å². The normalized spacial score (nSPS) is 17.7. The van der Waals surface area contributed by atoms with Crippen LogP contribution in [0.3, 0.4) is 0 Å². The Bertz CT molecular complexity index is 1520. The number of ether oxygens (including phenoxy) is 2. The Morgan fingerprint density at radius 1 is 0.795 bits per heavy atom. The molecule has 0 saturated carbocycles. The van der Waals surface area contributed by atoms with Crippen LogP contribution in [-0.4, -0.2) is 27.2 Å². The number of hydrogen-bond acceptors (Lipinski definition) is 4. The molecule has 1 saturated heterocycles. The summed E-state index contributed by atoms with van der Waals surface area (Å²) in [5.41, 5.74) is 3.47. The van der Waals surface area contributed by atoms with Gasteiger partial charge in [0.05, 0.1) is 22.9 Å². The van der Waals surface area contributed by atoms with Crippen LogP contribution in [0.1, 0.15) is 29.3 Å². The number of aromatic nitrogens is 3. The van der Waals surface area contributed by atoms with Crippen LogP contribution in [0.15, 0.2) is 103 Å². The fraction of sp³-hybridized carbons (Fsp3) is 0.226. The molecule has 0 atom stereocenters. The minimum absolute atomic E-state index is 0.335. The van der Waals surface area contributed by atoms with Crippen molar-refractivity contribution in [2.45, 2.75) is 43.9 Å². The molecular formula is C31H26F3N3O2. The van der Waals surface area contributed by atoms with Gasteiger partial charge in [0.25, 0.3) is 0 Å². The summed E-state index contributed by atoms with van der Waals surface area (Å²) in [5.74, 6) is 0. The highest BCUT2D eigenvalue weighted by Gasteiger charge is 2.50. The van der Waals surface area contributed by atoms with Crippen molar-refractivity contribution < 1.29 is 22.6 Å². The van der Waals surface area contributed by atoms with Gasteiger partial charge in [-0.05, 0) is 54.7 Å². The largest absolute Gasteiger partial charge is 0.416 e. The van der Waals surface area contributed by atoms with Crippen LogP contribution in [0.25, 0.3) is 16.8 Å². The number of benzene rings is 3. The number of hydrogen-bond donors (Lipinski definition) is 0. The summed E-state index contributed by atoms with van der Waals surface area (Å²) in [5, 5.41) is 4.70. The lowest BCUT2D eigenvalue weighted by atomic mass is 9.72. The van der Waals surface area contributed by atoms with Crippen LogP contribution in [0, 0.1) is 0 Å². The first-order valence-electron chi connectivity index (χ1n) is 12.7. The Balaban J connectivity index is 1.51. The van der Waals surface area contributed by atoms with Crippen molar-refractivity contribution in [3.63, 3.8) is 0 Å². The van der Waals surface area contributed by atoms with Gasteiger partial charge in [-0.25, -0.2) is 9.50 Å². The average molecular weight is 530 g/mol. The van der Waals surface area contributed by atoms with Gasteiger partial charge in [0.1, 0.15) is 0 Å². The molecule has 3 aromatic carbocycles. The fourth-order valence-corrected chi connectivity index (χ4v) is 5.38. The minimum Gasteiger partial charge on any atom is -0.323 e. The zero-order valence-corrected chi connectivity index (χ0v) is 21.2. The van der Waals surface area contributed by atoms with Gasteiger partial charge in [-0.3, -0.25) is 0 Å². The van der Waals surface area contributed by atoms with Crippen LogP contribution in [0.5, 0.6) is 0 Å². The van der Waals surface area contributed by atoms with E-state index in [9.17, 15) is 13.2 Å². The highest BCUT2D eigenvalue weighted by molar-refractivity contribution is 5.77. The van der Waals surface area contributed by atoms with Gasteiger partial charge in [0.15, 0.2) is 18.2 Å². The van der Waals surface area contributed by atoms with Gasteiger partial charge in [0.2, 0.25) is 0 Å². The molecule has 1 aliphatic heterocycles. The smallest absolute Gasteiger partial charge is 0.323 e. The number of nitrogens with zero attached hydrogens (tertiary/aromatic N) is 3. The first-order chi connectivity index (χ1) is 18.8. The van der Waals surface area contributed by atoms with Crippen molar-refractivity contribution in [3.05, 3.63) is 126 Å². The molecule has 39 heavy (non-hydrogen) atoms. The lowest BCUT2D eigenvalue weighted by Gasteiger charge is -2.48. The molecule has 0 bridgehead atoms. The summed E-state index contributed by atoms with van der Waals surface area (Å²) in [6, 6.07) is 27.3. The molecule has 3 heterocycles. The van der Waals surface area contributed by atoms with E-state index in [1.165, 1.54) is 12.1 Å². The van der Waals surface area contributed by atoms with Gasteiger partial charge in [-0.2, -0.15) is 18.3 Å². The maximum Gasteiger partial charge on any atom is 0.416 e. The Morgan fingerprint density at radius 3 is 1.92 bits per heavy atom. The number of alkyl halides is 3. The molecule has 8 heteroatoms. The van der Waals surface area contributed by atoms with Crippen LogP contribution >= 0.6 is 0 Å². The highest BCUT2D eigenvalue weighted by atomic mass is 19.4. The first-order valence-corrected chi connectivity index (χ1v) is 12.7. The van der Waals surface area contributed by atoms with Gasteiger partial charge in [-0.1, -0.05) is 72.8 Å². The molecule has 5 aromatic rings. The van der Waals surface area contributed by atoms with Crippen LogP contribution in [0.2, 0.25) is 0 Å². The third-order valence-corrected chi connectivity index (χ3v) is 7.24. The van der Waals surface area contributed by atoms with Crippen molar-refractivity contribution in [2.24, 2.45) is 0 Å². The van der Waals surface area contributed by atoms with Gasteiger partial charge < -0.3 is 9.47 Å².